The van der Waals surface area contributed by atoms with Gasteiger partial charge in [0, 0.05) is 25.2 Å². The number of carbonyl (C=O) groups excluding carboxylic acids is 1. The number of H-pyrrole nitrogens is 1. The van der Waals surface area contributed by atoms with Gasteiger partial charge < -0.3 is 15.2 Å². The monoisotopic (exact) mass is 348 g/mol. The Kier molecular flexibility index (Phi) is 4.97. The van der Waals surface area contributed by atoms with E-state index in [2.05, 4.69) is 50.5 Å². The summed E-state index contributed by atoms with van der Waals surface area (Å²) in [7, 11) is 0. The molecule has 0 aliphatic carbocycles. The zero-order valence-corrected chi connectivity index (χ0v) is 14.8. The molecule has 2 heterocycles. The smallest absolute Gasteiger partial charge is 0.251 e. The summed E-state index contributed by atoms with van der Waals surface area (Å²) in [5.41, 5.74) is 3.84. The summed E-state index contributed by atoms with van der Waals surface area (Å²) in [6.07, 6.45) is 3.88. The van der Waals surface area contributed by atoms with E-state index >= 15 is 0 Å². The molecular formula is C21H24N4O. The Bertz CT molecular complexity index is 874. The first-order valence-corrected chi connectivity index (χ1v) is 9.25. The van der Waals surface area contributed by atoms with Gasteiger partial charge in [0.15, 0.2) is 0 Å². The number of carbonyl (C=O) groups is 1. The lowest BCUT2D eigenvalue weighted by Crippen LogP contribution is -2.31. The molecule has 3 aromatic rings. The van der Waals surface area contributed by atoms with Crippen molar-refractivity contribution in [3.63, 3.8) is 0 Å². The minimum absolute atomic E-state index is 0.00997. The van der Waals surface area contributed by atoms with Crippen LogP contribution in [0.2, 0.25) is 0 Å². The fraction of sp³-hybridized carbons (Fsp3) is 0.333. The van der Waals surface area contributed by atoms with Gasteiger partial charge in [0.25, 0.3) is 5.91 Å². The van der Waals surface area contributed by atoms with Crippen LogP contribution in [0.3, 0.4) is 0 Å². The molecule has 26 heavy (non-hydrogen) atoms. The first kappa shape index (κ1) is 16.8. The van der Waals surface area contributed by atoms with E-state index in [0.29, 0.717) is 11.5 Å². The summed E-state index contributed by atoms with van der Waals surface area (Å²) >= 11 is 0. The number of aromatic amines is 1. The summed E-state index contributed by atoms with van der Waals surface area (Å²) in [4.78, 5) is 22.1. The Morgan fingerprint density at radius 2 is 2.12 bits per heavy atom. The van der Waals surface area contributed by atoms with Gasteiger partial charge in [-0.05, 0) is 49.1 Å². The van der Waals surface area contributed by atoms with E-state index in [-0.39, 0.29) is 5.91 Å². The van der Waals surface area contributed by atoms with Crippen LogP contribution in [-0.2, 0) is 6.42 Å². The number of likely N-dealkylation sites (tertiary alicyclic amines) is 1. The maximum atomic E-state index is 12.4. The Labute approximate surface area is 153 Å². The number of aromatic nitrogens is 2. The maximum Gasteiger partial charge on any atom is 0.251 e. The third-order valence-corrected chi connectivity index (χ3v) is 5.16. The first-order valence-electron chi connectivity index (χ1n) is 9.25. The van der Waals surface area contributed by atoms with Crippen LogP contribution in [0.5, 0.6) is 0 Å². The molecule has 5 nitrogen and oxygen atoms in total. The molecule has 2 N–H and O–H groups in total. The normalized spacial score (nSPS) is 17.6. The second-order valence-corrected chi connectivity index (χ2v) is 7.04. The molecule has 1 saturated heterocycles. The highest BCUT2D eigenvalue weighted by Gasteiger charge is 2.22. The minimum atomic E-state index is -0.00997. The molecular weight excluding hydrogens is 324 g/mol. The average Bonchev–Trinajstić information content (AvgIpc) is 3.33. The van der Waals surface area contributed by atoms with Crippen molar-refractivity contribution in [2.75, 3.05) is 26.2 Å². The quantitative estimate of drug-likeness (QED) is 0.720. The second kappa shape index (κ2) is 7.70. The van der Waals surface area contributed by atoms with Crippen molar-refractivity contribution in [1.82, 2.24) is 20.2 Å². The summed E-state index contributed by atoms with van der Waals surface area (Å²) in [5, 5.41) is 3.09. The van der Waals surface area contributed by atoms with Crippen LogP contribution in [-0.4, -0.2) is 47.0 Å². The van der Waals surface area contributed by atoms with Gasteiger partial charge in [-0.25, -0.2) is 4.98 Å². The molecule has 134 valence electrons. The van der Waals surface area contributed by atoms with Crippen LogP contribution in [0.4, 0.5) is 0 Å². The maximum absolute atomic E-state index is 12.4. The van der Waals surface area contributed by atoms with Gasteiger partial charge in [-0.1, -0.05) is 30.3 Å². The van der Waals surface area contributed by atoms with Crippen LogP contribution in [0.15, 0.2) is 54.9 Å². The lowest BCUT2D eigenvalue weighted by molar-refractivity contribution is 0.0947. The molecule has 1 amide bonds. The molecule has 1 aromatic heterocycles. The van der Waals surface area contributed by atoms with E-state index in [9.17, 15) is 4.79 Å². The standard InChI is InChI=1S/C21H24N4O/c26-21(18-6-7-19-20(12-18)24-15-23-19)22-13-17-9-11-25(14-17)10-8-16-4-2-1-3-5-16/h1-7,12,15,17H,8-11,13-14H2,(H,22,26)(H,23,24). The van der Waals surface area contributed by atoms with Gasteiger partial charge in [-0.3, -0.25) is 4.79 Å². The fourth-order valence-corrected chi connectivity index (χ4v) is 3.63. The number of fused-ring (bicyclic) bond motifs is 1. The largest absolute Gasteiger partial charge is 0.352 e. The van der Waals surface area contributed by atoms with Crippen LogP contribution >= 0.6 is 0 Å². The van der Waals surface area contributed by atoms with E-state index in [1.54, 1.807) is 6.33 Å². The molecule has 0 spiro atoms. The Morgan fingerprint density at radius 1 is 1.23 bits per heavy atom. The molecule has 1 aliphatic rings. The highest BCUT2D eigenvalue weighted by molar-refractivity contribution is 5.97. The molecule has 1 unspecified atom stereocenters. The van der Waals surface area contributed by atoms with Gasteiger partial charge in [-0.2, -0.15) is 0 Å². The molecule has 1 atom stereocenters. The van der Waals surface area contributed by atoms with Crippen LogP contribution in [0, 0.1) is 5.92 Å². The highest BCUT2D eigenvalue weighted by Crippen LogP contribution is 2.17. The van der Waals surface area contributed by atoms with Crippen molar-refractivity contribution in [1.29, 1.82) is 0 Å². The van der Waals surface area contributed by atoms with Crippen molar-refractivity contribution in [2.24, 2.45) is 5.92 Å². The molecule has 1 fully saturated rings. The summed E-state index contributed by atoms with van der Waals surface area (Å²) in [6, 6.07) is 16.2. The van der Waals surface area contributed by atoms with Gasteiger partial charge in [0.05, 0.1) is 17.4 Å². The SMILES string of the molecule is O=C(NCC1CCN(CCc2ccccc2)C1)c1ccc2nc[nH]c2c1. The van der Waals surface area contributed by atoms with Gasteiger partial charge in [-0.15, -0.1) is 0 Å². The Hall–Kier alpha value is -2.66. The summed E-state index contributed by atoms with van der Waals surface area (Å²) in [5.74, 6) is 0.523. The molecule has 1 aliphatic heterocycles. The van der Waals surface area contributed by atoms with E-state index in [0.717, 1.165) is 50.1 Å². The molecule has 5 heteroatoms. The van der Waals surface area contributed by atoms with E-state index in [4.69, 9.17) is 0 Å². The number of hydrogen-bond donors (Lipinski definition) is 2. The number of nitrogens with zero attached hydrogens (tertiary/aromatic N) is 2. The zero-order valence-electron chi connectivity index (χ0n) is 14.8. The Morgan fingerprint density at radius 3 is 3.00 bits per heavy atom. The van der Waals surface area contributed by atoms with Crippen molar-refractivity contribution in [3.8, 4) is 0 Å². The number of hydrogen-bond acceptors (Lipinski definition) is 3. The van der Waals surface area contributed by atoms with Gasteiger partial charge >= 0.3 is 0 Å². The van der Waals surface area contributed by atoms with Crippen molar-refractivity contribution >= 4 is 16.9 Å². The fourth-order valence-electron chi connectivity index (χ4n) is 3.63. The van der Waals surface area contributed by atoms with Crippen LogP contribution < -0.4 is 5.32 Å². The molecule has 2 aromatic carbocycles. The van der Waals surface area contributed by atoms with Gasteiger partial charge in [0.2, 0.25) is 0 Å². The third-order valence-electron chi connectivity index (χ3n) is 5.16. The number of benzene rings is 2. The Balaban J connectivity index is 1.24. The molecule has 4 rings (SSSR count). The minimum Gasteiger partial charge on any atom is -0.352 e. The van der Waals surface area contributed by atoms with Gasteiger partial charge in [0.1, 0.15) is 0 Å². The van der Waals surface area contributed by atoms with E-state index < -0.39 is 0 Å². The predicted molar refractivity (Wildman–Crippen MR) is 103 cm³/mol. The van der Waals surface area contributed by atoms with Crippen LogP contribution in [0.25, 0.3) is 11.0 Å². The molecule has 0 bridgehead atoms. The molecule has 0 radical (unpaired) electrons. The number of imidazole rings is 1. The lowest BCUT2D eigenvalue weighted by Gasteiger charge is -2.16. The topological polar surface area (TPSA) is 61.0 Å². The summed E-state index contributed by atoms with van der Waals surface area (Å²) < 4.78 is 0. The predicted octanol–water partition coefficient (Wildman–Crippen LogP) is 2.86. The third kappa shape index (κ3) is 3.94. The van der Waals surface area contributed by atoms with Crippen molar-refractivity contribution in [3.05, 3.63) is 66.0 Å². The number of amides is 1. The molecule has 0 saturated carbocycles. The second-order valence-electron chi connectivity index (χ2n) is 7.04. The van der Waals surface area contributed by atoms with Crippen LogP contribution in [0.1, 0.15) is 22.3 Å². The van der Waals surface area contributed by atoms with E-state index in [1.807, 2.05) is 18.2 Å². The summed E-state index contributed by atoms with van der Waals surface area (Å²) in [6.45, 7) is 4.01. The number of nitrogens with one attached hydrogen (secondary N) is 2. The van der Waals surface area contributed by atoms with E-state index in [1.165, 1.54) is 5.56 Å². The first-order chi connectivity index (χ1) is 12.8. The average molecular weight is 348 g/mol. The van der Waals surface area contributed by atoms with Crippen molar-refractivity contribution < 1.29 is 4.79 Å². The van der Waals surface area contributed by atoms with Crippen molar-refractivity contribution in [2.45, 2.75) is 12.8 Å². The highest BCUT2D eigenvalue weighted by atomic mass is 16.1. The zero-order chi connectivity index (χ0) is 17.8. The lowest BCUT2D eigenvalue weighted by atomic mass is 10.1. The number of rotatable bonds is 6.